The molecule has 0 unspecified atom stereocenters. The van der Waals surface area contributed by atoms with Crippen LogP contribution in [0.5, 0.6) is 0 Å². The molecule has 2 aliphatic carbocycles. The quantitative estimate of drug-likeness (QED) is 0.0897. The summed E-state index contributed by atoms with van der Waals surface area (Å²) in [6, 6.07) is 65.8. The van der Waals surface area contributed by atoms with Crippen LogP contribution < -0.4 is 21.2 Å². The van der Waals surface area contributed by atoms with E-state index in [1.165, 1.54) is 55.5 Å². The third-order valence-electron chi connectivity index (χ3n) is 10.0. The van der Waals surface area contributed by atoms with E-state index in [2.05, 4.69) is 259 Å². The second-order valence-electron chi connectivity index (χ2n) is 14.3. The van der Waals surface area contributed by atoms with Crippen LogP contribution in [-0.4, -0.2) is 38.0 Å². The topological polar surface area (TPSA) is 6.48 Å². The zero-order valence-corrected chi connectivity index (χ0v) is 36.0. The van der Waals surface area contributed by atoms with Crippen LogP contribution >= 0.6 is 15.8 Å². The molecule has 57 heavy (non-hydrogen) atoms. The zero-order chi connectivity index (χ0) is 38.7. The minimum Gasteiger partial charge on any atom is -0.302 e. The average molecular weight is 821 g/mol. The molecule has 0 heterocycles. The van der Waals surface area contributed by atoms with Crippen molar-refractivity contribution in [3.8, 4) is 0 Å². The van der Waals surface area contributed by atoms with E-state index in [0.29, 0.717) is 0 Å². The third-order valence-corrected chi connectivity index (χ3v) is 15.1. The Morgan fingerprint density at radius 3 is 0.825 bits per heavy atom. The van der Waals surface area contributed by atoms with Crippen molar-refractivity contribution >= 4 is 37.1 Å². The molecule has 6 aromatic rings. The molecule has 5 heteroatoms. The molecular weight excluding hydrogens is 770 g/mol. The second-order valence-corrected chi connectivity index (χ2v) is 18.7. The molecule has 0 spiro atoms. The average Bonchev–Trinajstić information content (AvgIpc) is 3.91. The molecule has 2 nitrogen and oxygen atoms in total. The first kappa shape index (κ1) is 43.2. The maximum Gasteiger partial charge on any atom is 0.0417 e. The van der Waals surface area contributed by atoms with E-state index in [-0.39, 0.29) is 29.2 Å². The number of hydrogen-bond acceptors (Lipinski definition) is 2. The summed E-state index contributed by atoms with van der Waals surface area (Å²) < 4.78 is 0. The van der Waals surface area contributed by atoms with Gasteiger partial charge in [-0.15, -0.1) is 0 Å². The van der Waals surface area contributed by atoms with Crippen molar-refractivity contribution in [3.05, 3.63) is 255 Å². The molecule has 0 aliphatic heterocycles. The van der Waals surface area contributed by atoms with E-state index in [4.69, 9.17) is 0 Å². The molecular formula is C52H50FeN2P2. The summed E-state index contributed by atoms with van der Waals surface area (Å²) in [7, 11) is 7.47. The predicted molar refractivity (Wildman–Crippen MR) is 243 cm³/mol. The van der Waals surface area contributed by atoms with Crippen LogP contribution in [0.3, 0.4) is 0 Å². The Morgan fingerprint density at radius 2 is 0.579 bits per heavy atom. The fraction of sp³-hybridized carbons (Fsp3) is 0.115. The number of hydrogen-bond donors (Lipinski definition) is 0. The Bertz CT molecular complexity index is 1770. The van der Waals surface area contributed by atoms with Gasteiger partial charge in [-0.3, -0.25) is 0 Å². The first-order valence-corrected chi connectivity index (χ1v) is 21.9. The summed E-state index contributed by atoms with van der Waals surface area (Å²) in [5, 5.41) is 5.56. The Kier molecular flexibility index (Phi) is 16.4. The molecule has 0 saturated heterocycles. The molecule has 0 amide bonds. The fourth-order valence-corrected chi connectivity index (χ4v) is 12.6. The molecule has 0 N–H and O–H groups in total. The Balaban J connectivity index is 0.000000189. The van der Waals surface area contributed by atoms with E-state index < -0.39 is 15.8 Å². The summed E-state index contributed by atoms with van der Waals surface area (Å²) in [5.74, 6) is 2.80. The SMILES string of the molecule is CN(C)[C@H]([C]1[CH][CH][CH][C]1P(c1ccccc1)c1ccccc1)c1ccccc1.CN(C)[C@H]([C]1[CH][CH][CH][C]1P(c1ccccc1)c1ccccc1)c1ccccc1.[Fe]. The van der Waals surface area contributed by atoms with Gasteiger partial charge in [0, 0.05) is 52.3 Å². The van der Waals surface area contributed by atoms with Crippen molar-refractivity contribution in [2.24, 2.45) is 0 Å². The molecule has 2 aliphatic rings. The van der Waals surface area contributed by atoms with Gasteiger partial charge < -0.3 is 9.80 Å². The van der Waals surface area contributed by atoms with E-state index in [1.54, 1.807) is 0 Å². The number of rotatable bonds is 12. The third kappa shape index (κ3) is 10.6. The number of benzene rings is 6. The van der Waals surface area contributed by atoms with E-state index in [1.807, 2.05) is 0 Å². The van der Waals surface area contributed by atoms with Gasteiger partial charge in [-0.1, -0.05) is 182 Å². The first-order valence-electron chi connectivity index (χ1n) is 19.3. The van der Waals surface area contributed by atoms with Gasteiger partial charge >= 0.3 is 0 Å². The minimum atomic E-state index is -0.604. The van der Waals surface area contributed by atoms with Crippen LogP contribution in [0.25, 0.3) is 0 Å². The molecule has 6 aromatic carbocycles. The largest absolute Gasteiger partial charge is 0.302 e. The summed E-state index contributed by atoms with van der Waals surface area (Å²) >= 11 is 0. The second kappa shape index (κ2) is 21.6. The van der Waals surface area contributed by atoms with Gasteiger partial charge in [0.25, 0.3) is 0 Å². The minimum absolute atomic E-state index is 0. The normalized spacial score (nSPS) is 16.4. The molecule has 286 valence electrons. The molecule has 2 fully saturated rings. The van der Waals surface area contributed by atoms with E-state index in [0.717, 1.165) is 0 Å². The molecule has 2 atom stereocenters. The fourth-order valence-electron chi connectivity index (χ4n) is 7.66. The summed E-state index contributed by atoms with van der Waals surface area (Å²) in [5.41, 5.74) is 5.54. The van der Waals surface area contributed by atoms with Gasteiger partial charge in [0.2, 0.25) is 0 Å². The molecule has 0 aromatic heterocycles. The Morgan fingerprint density at radius 1 is 0.333 bits per heavy atom. The van der Waals surface area contributed by atoms with Crippen LogP contribution in [-0.2, 0) is 17.1 Å². The standard InChI is InChI=1S/2C26H25NP.Fe/c2*1-27(2)26(21-13-6-3-7-14-21)24-19-12-20-25(24)28(22-15-8-4-9-16-22)23-17-10-5-11-18-23;/h2*3-20,26H,1-2H3;/t2*26-;/m00./s1. The number of nitrogens with zero attached hydrogens (tertiary/aromatic N) is 2. The van der Waals surface area contributed by atoms with Crippen LogP contribution in [0, 0.1) is 61.7 Å². The first-order chi connectivity index (χ1) is 27.5. The Hall–Kier alpha value is -3.38. The van der Waals surface area contributed by atoms with Crippen LogP contribution in [0.2, 0.25) is 0 Å². The molecule has 2 saturated carbocycles. The van der Waals surface area contributed by atoms with Gasteiger partial charge in [0.1, 0.15) is 0 Å². The molecule has 8 rings (SSSR count). The molecule has 0 bridgehead atoms. The smallest absolute Gasteiger partial charge is 0.0417 e. The van der Waals surface area contributed by atoms with Gasteiger partial charge in [-0.05, 0) is 115 Å². The van der Waals surface area contributed by atoms with Gasteiger partial charge in [-0.25, -0.2) is 0 Å². The van der Waals surface area contributed by atoms with Gasteiger partial charge in [0.15, 0.2) is 0 Å². The summed E-state index contributed by atoms with van der Waals surface area (Å²) in [6.45, 7) is 0. The van der Waals surface area contributed by atoms with Crippen LogP contribution in [0.4, 0.5) is 0 Å². The van der Waals surface area contributed by atoms with Crippen molar-refractivity contribution in [2.75, 3.05) is 28.2 Å². The van der Waals surface area contributed by atoms with Crippen molar-refractivity contribution in [3.63, 3.8) is 0 Å². The monoisotopic (exact) mass is 820 g/mol. The predicted octanol–water partition coefficient (Wildman–Crippen LogP) is 10.3. The van der Waals surface area contributed by atoms with Crippen molar-refractivity contribution < 1.29 is 17.1 Å². The van der Waals surface area contributed by atoms with E-state index in [9.17, 15) is 0 Å². The van der Waals surface area contributed by atoms with Crippen molar-refractivity contribution in [1.29, 1.82) is 0 Å². The van der Waals surface area contributed by atoms with Crippen molar-refractivity contribution in [1.82, 2.24) is 9.80 Å². The zero-order valence-electron chi connectivity index (χ0n) is 33.1. The van der Waals surface area contributed by atoms with Crippen LogP contribution in [0.1, 0.15) is 23.2 Å². The van der Waals surface area contributed by atoms with Crippen LogP contribution in [0.15, 0.2) is 182 Å². The van der Waals surface area contributed by atoms with E-state index >= 15 is 0 Å². The summed E-state index contributed by atoms with van der Waals surface area (Å²) in [6.07, 6.45) is 13.7. The maximum atomic E-state index is 2.32. The van der Waals surface area contributed by atoms with Gasteiger partial charge in [-0.2, -0.15) is 0 Å². The molecule has 10 radical (unpaired) electrons. The summed E-state index contributed by atoms with van der Waals surface area (Å²) in [4.78, 5) is 4.63. The van der Waals surface area contributed by atoms with Gasteiger partial charge in [0.05, 0.1) is 0 Å². The maximum absolute atomic E-state index is 2.32. The Labute approximate surface area is 357 Å². The van der Waals surface area contributed by atoms with Crippen molar-refractivity contribution in [2.45, 2.75) is 12.1 Å².